The van der Waals surface area contributed by atoms with Crippen molar-refractivity contribution in [3.63, 3.8) is 0 Å². The van der Waals surface area contributed by atoms with Crippen LogP contribution in [0.5, 0.6) is 5.75 Å². The van der Waals surface area contributed by atoms with E-state index in [1.165, 1.54) is 0 Å². The number of hydrogen-bond donors (Lipinski definition) is 3. The molecular weight excluding hydrogens is 232 g/mol. The van der Waals surface area contributed by atoms with Crippen molar-refractivity contribution in [3.8, 4) is 5.75 Å². The Labute approximate surface area is 107 Å². The first kappa shape index (κ1) is 14.3. The number of nitrogens with one attached hydrogen (secondary N) is 1. The topological polar surface area (TPSA) is 84.6 Å². The average Bonchev–Trinajstić information content (AvgIpc) is 2.33. The van der Waals surface area contributed by atoms with Crippen molar-refractivity contribution in [2.24, 2.45) is 5.92 Å². The van der Waals surface area contributed by atoms with E-state index in [0.717, 1.165) is 0 Å². The van der Waals surface area contributed by atoms with Crippen LogP contribution in [0.25, 0.3) is 0 Å². The molecule has 0 saturated heterocycles. The van der Waals surface area contributed by atoms with Gasteiger partial charge in [0.1, 0.15) is 5.75 Å². The fourth-order valence-corrected chi connectivity index (χ4v) is 1.26. The summed E-state index contributed by atoms with van der Waals surface area (Å²) in [6.07, 6.45) is -0.540. The summed E-state index contributed by atoms with van der Waals surface area (Å²) in [4.78, 5) is 11.4. The van der Waals surface area contributed by atoms with Gasteiger partial charge in [0.2, 0.25) is 0 Å². The van der Waals surface area contributed by atoms with Gasteiger partial charge in [0.05, 0.1) is 6.10 Å². The first-order valence-electron chi connectivity index (χ1n) is 5.92. The number of nitrogens with two attached hydrogens (primary N) is 1. The van der Waals surface area contributed by atoms with Crippen LogP contribution < -0.4 is 15.8 Å². The third-order valence-corrected chi connectivity index (χ3v) is 2.51. The molecule has 0 aromatic heterocycles. The Hall–Kier alpha value is -1.75. The Bertz CT molecular complexity index is 394. The van der Waals surface area contributed by atoms with Crippen molar-refractivity contribution in [1.82, 2.24) is 5.32 Å². The van der Waals surface area contributed by atoms with Crippen LogP contribution in [0.2, 0.25) is 0 Å². The van der Waals surface area contributed by atoms with E-state index in [1.807, 2.05) is 13.8 Å². The highest BCUT2D eigenvalue weighted by Crippen LogP contribution is 2.13. The second-order valence-electron chi connectivity index (χ2n) is 4.48. The molecular formula is C13H20N2O3. The zero-order chi connectivity index (χ0) is 13.5. The Morgan fingerprint density at radius 1 is 1.50 bits per heavy atom. The molecule has 0 aliphatic carbocycles. The quantitative estimate of drug-likeness (QED) is 0.653. The molecule has 1 aromatic carbocycles. The van der Waals surface area contributed by atoms with Crippen molar-refractivity contribution in [2.75, 3.05) is 18.9 Å². The van der Waals surface area contributed by atoms with Crippen LogP contribution in [0.4, 0.5) is 5.69 Å². The van der Waals surface area contributed by atoms with E-state index >= 15 is 0 Å². The summed E-state index contributed by atoms with van der Waals surface area (Å²) in [6.45, 7) is 3.92. The first-order valence-corrected chi connectivity index (χ1v) is 5.92. The van der Waals surface area contributed by atoms with Crippen LogP contribution in [0.3, 0.4) is 0 Å². The largest absolute Gasteiger partial charge is 0.484 e. The molecule has 1 aromatic rings. The summed E-state index contributed by atoms with van der Waals surface area (Å²) in [7, 11) is 0. The van der Waals surface area contributed by atoms with Crippen molar-refractivity contribution in [2.45, 2.75) is 20.0 Å². The summed E-state index contributed by atoms with van der Waals surface area (Å²) >= 11 is 0. The van der Waals surface area contributed by atoms with Crippen molar-refractivity contribution in [1.29, 1.82) is 0 Å². The van der Waals surface area contributed by atoms with E-state index in [1.54, 1.807) is 24.3 Å². The van der Waals surface area contributed by atoms with E-state index in [9.17, 15) is 9.90 Å². The molecule has 100 valence electrons. The minimum Gasteiger partial charge on any atom is -0.484 e. The normalized spacial score (nSPS) is 12.2. The van der Waals surface area contributed by atoms with Crippen LogP contribution in [0.15, 0.2) is 24.3 Å². The van der Waals surface area contributed by atoms with Gasteiger partial charge in [-0.1, -0.05) is 19.9 Å². The Balaban J connectivity index is 2.29. The molecule has 0 aliphatic heterocycles. The number of nitrogen functional groups attached to an aromatic ring is 1. The molecule has 1 rings (SSSR count). The van der Waals surface area contributed by atoms with Crippen molar-refractivity contribution in [3.05, 3.63) is 24.3 Å². The molecule has 1 unspecified atom stereocenters. The van der Waals surface area contributed by atoms with Gasteiger partial charge in [-0.05, 0) is 18.1 Å². The number of ether oxygens (including phenoxy) is 1. The number of aliphatic hydroxyl groups is 1. The minimum absolute atomic E-state index is 0.0890. The molecule has 0 heterocycles. The van der Waals surface area contributed by atoms with Gasteiger partial charge < -0.3 is 20.9 Å². The van der Waals surface area contributed by atoms with Crippen molar-refractivity contribution >= 4 is 11.6 Å². The van der Waals surface area contributed by atoms with Gasteiger partial charge in [-0.25, -0.2) is 0 Å². The molecule has 0 aliphatic rings. The summed E-state index contributed by atoms with van der Waals surface area (Å²) in [5.41, 5.74) is 6.17. The van der Waals surface area contributed by atoms with Crippen LogP contribution in [-0.2, 0) is 4.79 Å². The van der Waals surface area contributed by atoms with Crippen LogP contribution in [0, 0.1) is 5.92 Å². The molecule has 0 bridgehead atoms. The van der Waals surface area contributed by atoms with Crippen molar-refractivity contribution < 1.29 is 14.6 Å². The Morgan fingerprint density at radius 2 is 2.22 bits per heavy atom. The summed E-state index contributed by atoms with van der Waals surface area (Å²) in [5.74, 6) is 0.395. The molecule has 0 radical (unpaired) electrons. The molecule has 0 saturated carbocycles. The predicted octanol–water partition coefficient (Wildman–Crippen LogP) is 0.781. The molecule has 0 fully saturated rings. The molecule has 1 atom stereocenters. The number of anilines is 1. The standard InChI is InChI=1S/C13H20N2O3/c1-9(2)12(16)7-15-13(17)8-18-11-5-3-4-10(14)6-11/h3-6,9,12,16H,7-8,14H2,1-2H3,(H,15,17). The van der Waals surface area contributed by atoms with Crippen LogP contribution in [-0.4, -0.2) is 30.3 Å². The lowest BCUT2D eigenvalue weighted by Gasteiger charge is -2.15. The highest BCUT2D eigenvalue weighted by Gasteiger charge is 2.10. The zero-order valence-electron chi connectivity index (χ0n) is 10.7. The van der Waals surface area contributed by atoms with Gasteiger partial charge in [-0.3, -0.25) is 4.79 Å². The van der Waals surface area contributed by atoms with E-state index in [0.29, 0.717) is 11.4 Å². The summed E-state index contributed by atoms with van der Waals surface area (Å²) in [6, 6.07) is 6.87. The summed E-state index contributed by atoms with van der Waals surface area (Å²) in [5, 5.41) is 12.1. The number of hydrogen-bond acceptors (Lipinski definition) is 4. The Morgan fingerprint density at radius 3 is 2.83 bits per heavy atom. The highest BCUT2D eigenvalue weighted by atomic mass is 16.5. The smallest absolute Gasteiger partial charge is 0.258 e. The minimum atomic E-state index is -0.540. The molecule has 5 heteroatoms. The van der Waals surface area contributed by atoms with E-state index in [2.05, 4.69) is 5.32 Å². The predicted molar refractivity (Wildman–Crippen MR) is 70.2 cm³/mol. The Kier molecular flexibility index (Phi) is 5.45. The van der Waals surface area contributed by atoms with Gasteiger partial charge in [-0.15, -0.1) is 0 Å². The number of carbonyl (C=O) groups excluding carboxylic acids is 1. The molecule has 1 amide bonds. The SMILES string of the molecule is CC(C)C(O)CNC(=O)COc1cccc(N)c1. The monoisotopic (exact) mass is 252 g/mol. The van der Waals surface area contributed by atoms with E-state index < -0.39 is 6.10 Å². The molecule has 5 nitrogen and oxygen atoms in total. The second kappa shape index (κ2) is 6.86. The van der Waals surface area contributed by atoms with Gasteiger partial charge in [0.25, 0.3) is 5.91 Å². The zero-order valence-corrected chi connectivity index (χ0v) is 10.7. The molecule has 4 N–H and O–H groups in total. The lowest BCUT2D eigenvalue weighted by atomic mass is 10.1. The fraction of sp³-hybridized carbons (Fsp3) is 0.462. The molecule has 18 heavy (non-hydrogen) atoms. The summed E-state index contributed by atoms with van der Waals surface area (Å²) < 4.78 is 5.27. The number of aliphatic hydroxyl groups excluding tert-OH is 1. The number of amides is 1. The fourth-order valence-electron chi connectivity index (χ4n) is 1.26. The number of carbonyl (C=O) groups is 1. The maximum atomic E-state index is 11.4. The maximum Gasteiger partial charge on any atom is 0.258 e. The third kappa shape index (κ3) is 5.05. The number of benzene rings is 1. The lowest BCUT2D eigenvalue weighted by Crippen LogP contribution is -2.37. The van der Waals surface area contributed by atoms with Crippen LogP contribution in [0.1, 0.15) is 13.8 Å². The van der Waals surface area contributed by atoms with Gasteiger partial charge in [-0.2, -0.15) is 0 Å². The maximum absolute atomic E-state index is 11.4. The number of rotatable bonds is 6. The average molecular weight is 252 g/mol. The van der Waals surface area contributed by atoms with Gasteiger partial charge in [0, 0.05) is 18.3 Å². The highest BCUT2D eigenvalue weighted by molar-refractivity contribution is 5.77. The van der Waals surface area contributed by atoms with E-state index in [4.69, 9.17) is 10.5 Å². The van der Waals surface area contributed by atoms with Gasteiger partial charge >= 0.3 is 0 Å². The molecule has 0 spiro atoms. The second-order valence-corrected chi connectivity index (χ2v) is 4.48. The lowest BCUT2D eigenvalue weighted by molar-refractivity contribution is -0.123. The van der Waals surface area contributed by atoms with Gasteiger partial charge in [0.15, 0.2) is 6.61 Å². The van der Waals surface area contributed by atoms with E-state index in [-0.39, 0.29) is 25.0 Å². The van der Waals surface area contributed by atoms with Crippen LogP contribution >= 0.6 is 0 Å². The first-order chi connectivity index (χ1) is 8.49. The third-order valence-electron chi connectivity index (χ3n) is 2.51.